The Kier molecular flexibility index (Phi) is 5.75. The van der Waals surface area contributed by atoms with Crippen LogP contribution in [0.4, 0.5) is 0 Å². The van der Waals surface area contributed by atoms with Crippen molar-refractivity contribution in [2.75, 3.05) is 13.2 Å². The van der Waals surface area contributed by atoms with E-state index in [1.54, 1.807) is 17.9 Å². The SMILES string of the molecule is CCCOc1ccccc1CNCCn1cnc2c1c(=O)n(C)c(=O)n2C. The molecule has 2 heterocycles. The van der Waals surface area contributed by atoms with Gasteiger partial charge in [0.1, 0.15) is 5.75 Å². The van der Waals surface area contributed by atoms with E-state index in [1.165, 1.54) is 11.6 Å². The molecule has 0 saturated heterocycles. The number of aryl methyl sites for hydroxylation is 1. The van der Waals surface area contributed by atoms with Crippen molar-refractivity contribution in [3.8, 4) is 5.75 Å². The molecule has 0 aliphatic heterocycles. The van der Waals surface area contributed by atoms with Gasteiger partial charge in [0.05, 0.1) is 12.9 Å². The lowest BCUT2D eigenvalue weighted by Crippen LogP contribution is -2.37. The predicted octanol–water partition coefficient (Wildman–Crippen LogP) is 1.01. The van der Waals surface area contributed by atoms with E-state index in [0.717, 1.165) is 22.3 Å². The highest BCUT2D eigenvalue weighted by Crippen LogP contribution is 2.17. The normalized spacial score (nSPS) is 11.2. The molecule has 2 aromatic heterocycles. The largest absolute Gasteiger partial charge is 0.493 e. The van der Waals surface area contributed by atoms with Crippen molar-refractivity contribution in [3.05, 3.63) is 57.0 Å². The summed E-state index contributed by atoms with van der Waals surface area (Å²) in [7, 11) is 3.10. The molecule has 0 radical (unpaired) electrons. The Bertz CT molecular complexity index is 1050. The zero-order valence-corrected chi connectivity index (χ0v) is 15.9. The zero-order valence-electron chi connectivity index (χ0n) is 15.9. The van der Waals surface area contributed by atoms with Crippen molar-refractivity contribution in [1.29, 1.82) is 0 Å². The molecule has 27 heavy (non-hydrogen) atoms. The van der Waals surface area contributed by atoms with Crippen molar-refractivity contribution >= 4 is 11.2 Å². The number of fused-ring (bicyclic) bond motifs is 1. The van der Waals surface area contributed by atoms with Gasteiger partial charge >= 0.3 is 5.69 Å². The van der Waals surface area contributed by atoms with E-state index in [1.807, 2.05) is 24.3 Å². The van der Waals surface area contributed by atoms with Crippen molar-refractivity contribution in [2.24, 2.45) is 14.1 Å². The lowest BCUT2D eigenvalue weighted by molar-refractivity contribution is 0.313. The monoisotopic (exact) mass is 371 g/mol. The number of hydrogen-bond donors (Lipinski definition) is 1. The average Bonchev–Trinajstić information content (AvgIpc) is 3.11. The van der Waals surface area contributed by atoms with Gasteiger partial charge in [0.2, 0.25) is 0 Å². The van der Waals surface area contributed by atoms with Crippen molar-refractivity contribution < 1.29 is 4.74 Å². The third-order valence-corrected chi connectivity index (χ3v) is 4.50. The first kappa shape index (κ1) is 18.9. The number of nitrogens with one attached hydrogen (secondary N) is 1. The van der Waals surface area contributed by atoms with Gasteiger partial charge in [0.25, 0.3) is 5.56 Å². The summed E-state index contributed by atoms with van der Waals surface area (Å²) in [5.41, 5.74) is 1.23. The van der Waals surface area contributed by atoms with Gasteiger partial charge in [-0.15, -0.1) is 0 Å². The lowest BCUT2D eigenvalue weighted by atomic mass is 10.2. The molecular weight excluding hydrogens is 346 g/mol. The van der Waals surface area contributed by atoms with Gasteiger partial charge in [0.15, 0.2) is 11.2 Å². The molecule has 0 atom stereocenters. The second kappa shape index (κ2) is 8.22. The summed E-state index contributed by atoms with van der Waals surface area (Å²) in [6.07, 6.45) is 2.57. The quantitative estimate of drug-likeness (QED) is 0.598. The number of aromatic nitrogens is 4. The Morgan fingerprint density at radius 1 is 1.15 bits per heavy atom. The standard InChI is InChI=1S/C19H25N5O3/c1-4-11-27-15-8-6-5-7-14(15)12-20-9-10-24-13-21-17-16(24)18(25)23(3)19(26)22(17)2/h5-8,13,20H,4,9-12H2,1-3H3. The molecule has 0 unspecified atom stereocenters. The smallest absolute Gasteiger partial charge is 0.332 e. The summed E-state index contributed by atoms with van der Waals surface area (Å²) >= 11 is 0. The minimum Gasteiger partial charge on any atom is -0.493 e. The molecule has 3 rings (SSSR count). The fourth-order valence-corrected chi connectivity index (χ4v) is 2.99. The molecule has 0 aliphatic carbocycles. The Labute approximate surface area is 157 Å². The molecule has 0 fully saturated rings. The summed E-state index contributed by atoms with van der Waals surface area (Å²) in [6, 6.07) is 7.96. The highest BCUT2D eigenvalue weighted by atomic mass is 16.5. The summed E-state index contributed by atoms with van der Waals surface area (Å²) < 4.78 is 10.0. The molecule has 0 aliphatic rings. The fraction of sp³-hybridized carbons (Fsp3) is 0.421. The van der Waals surface area contributed by atoms with Crippen LogP contribution in [0.5, 0.6) is 5.75 Å². The van der Waals surface area contributed by atoms with Gasteiger partial charge in [-0.05, 0) is 12.5 Å². The molecule has 0 spiro atoms. The molecule has 8 heteroatoms. The van der Waals surface area contributed by atoms with Gasteiger partial charge in [-0.25, -0.2) is 9.78 Å². The maximum Gasteiger partial charge on any atom is 0.332 e. The third-order valence-electron chi connectivity index (χ3n) is 4.50. The van der Waals surface area contributed by atoms with E-state index in [-0.39, 0.29) is 11.2 Å². The molecule has 0 amide bonds. The molecule has 0 saturated carbocycles. The lowest BCUT2D eigenvalue weighted by Gasteiger charge is -2.12. The van der Waals surface area contributed by atoms with Gasteiger partial charge in [-0.2, -0.15) is 0 Å². The Balaban J connectivity index is 1.69. The summed E-state index contributed by atoms with van der Waals surface area (Å²) in [6.45, 7) is 4.67. The Hall–Kier alpha value is -2.87. The number of nitrogens with zero attached hydrogens (tertiary/aromatic N) is 4. The third kappa shape index (κ3) is 3.80. The minimum absolute atomic E-state index is 0.330. The Morgan fingerprint density at radius 3 is 2.70 bits per heavy atom. The fourth-order valence-electron chi connectivity index (χ4n) is 2.99. The second-order valence-corrected chi connectivity index (χ2v) is 6.45. The van der Waals surface area contributed by atoms with E-state index in [9.17, 15) is 9.59 Å². The number of hydrogen-bond acceptors (Lipinski definition) is 5. The van der Waals surface area contributed by atoms with Crippen LogP contribution >= 0.6 is 0 Å². The minimum atomic E-state index is -0.375. The average molecular weight is 371 g/mol. The number of rotatable bonds is 8. The number of benzene rings is 1. The van der Waals surface area contributed by atoms with Crippen LogP contribution in [0, 0.1) is 0 Å². The van der Waals surface area contributed by atoms with Crippen LogP contribution in [0.1, 0.15) is 18.9 Å². The van der Waals surface area contributed by atoms with E-state index in [4.69, 9.17) is 4.74 Å². The Morgan fingerprint density at radius 2 is 1.93 bits per heavy atom. The van der Waals surface area contributed by atoms with Crippen LogP contribution < -0.4 is 21.3 Å². The van der Waals surface area contributed by atoms with Crippen LogP contribution in [0.15, 0.2) is 40.2 Å². The maximum atomic E-state index is 12.4. The van der Waals surface area contributed by atoms with E-state index >= 15 is 0 Å². The number of para-hydroxylation sites is 1. The molecule has 8 nitrogen and oxygen atoms in total. The molecule has 3 aromatic rings. The summed E-state index contributed by atoms with van der Waals surface area (Å²) in [4.78, 5) is 28.7. The molecular formula is C19H25N5O3. The zero-order chi connectivity index (χ0) is 19.4. The van der Waals surface area contributed by atoms with Crippen LogP contribution in [-0.2, 0) is 27.2 Å². The highest BCUT2D eigenvalue weighted by molar-refractivity contribution is 5.69. The van der Waals surface area contributed by atoms with Gasteiger partial charge in [0, 0.05) is 39.3 Å². The number of imidazole rings is 1. The molecule has 0 bridgehead atoms. The van der Waals surface area contributed by atoms with E-state index in [0.29, 0.717) is 37.4 Å². The topological polar surface area (TPSA) is 83.1 Å². The van der Waals surface area contributed by atoms with Crippen molar-refractivity contribution in [1.82, 2.24) is 24.0 Å². The van der Waals surface area contributed by atoms with E-state index in [2.05, 4.69) is 17.2 Å². The highest BCUT2D eigenvalue weighted by Gasteiger charge is 2.13. The van der Waals surface area contributed by atoms with Gasteiger partial charge < -0.3 is 14.6 Å². The first-order chi connectivity index (χ1) is 13.0. The van der Waals surface area contributed by atoms with Gasteiger partial charge in [-0.3, -0.25) is 13.9 Å². The second-order valence-electron chi connectivity index (χ2n) is 6.45. The summed E-state index contributed by atoms with van der Waals surface area (Å²) in [5, 5.41) is 3.38. The van der Waals surface area contributed by atoms with Gasteiger partial charge in [-0.1, -0.05) is 25.1 Å². The first-order valence-corrected chi connectivity index (χ1v) is 9.06. The number of ether oxygens (including phenoxy) is 1. The van der Waals surface area contributed by atoms with Crippen molar-refractivity contribution in [2.45, 2.75) is 26.4 Å². The molecule has 1 N–H and O–H groups in total. The predicted molar refractivity (Wildman–Crippen MR) is 104 cm³/mol. The van der Waals surface area contributed by atoms with Crippen LogP contribution in [0.3, 0.4) is 0 Å². The molecule has 144 valence electrons. The maximum absolute atomic E-state index is 12.4. The molecule has 1 aromatic carbocycles. The first-order valence-electron chi connectivity index (χ1n) is 9.06. The van der Waals surface area contributed by atoms with Crippen LogP contribution in [0.2, 0.25) is 0 Å². The van der Waals surface area contributed by atoms with Crippen molar-refractivity contribution in [3.63, 3.8) is 0 Å². The van der Waals surface area contributed by atoms with E-state index < -0.39 is 0 Å². The summed E-state index contributed by atoms with van der Waals surface area (Å²) in [5.74, 6) is 0.892. The van der Waals surface area contributed by atoms with Crippen LogP contribution in [-0.4, -0.2) is 31.8 Å². The van der Waals surface area contributed by atoms with Crippen LogP contribution in [0.25, 0.3) is 11.2 Å².